The van der Waals surface area contributed by atoms with Gasteiger partial charge in [0.25, 0.3) is 0 Å². The molecule has 4 aromatic carbocycles. The molecule has 2 saturated heterocycles. The molecule has 388 valence electrons. The van der Waals surface area contributed by atoms with E-state index in [2.05, 4.69) is 12.1 Å². The summed E-state index contributed by atoms with van der Waals surface area (Å²) in [5, 5.41) is 69.7. The van der Waals surface area contributed by atoms with Crippen LogP contribution in [0, 0.1) is 13.8 Å². The molecular formula is C53H68O18. The van der Waals surface area contributed by atoms with Crippen LogP contribution in [0.1, 0.15) is 42.9 Å². The van der Waals surface area contributed by atoms with Gasteiger partial charge >= 0.3 is 0 Å². The highest BCUT2D eigenvalue weighted by Gasteiger charge is 2.46. The largest absolute Gasteiger partial charge is 0.496 e. The van der Waals surface area contributed by atoms with E-state index < -0.39 is 55.3 Å². The number of furan rings is 2. The van der Waals surface area contributed by atoms with E-state index >= 15 is 0 Å². The molecule has 4 heterocycles. The summed E-state index contributed by atoms with van der Waals surface area (Å²) < 4.78 is 60.1. The lowest BCUT2D eigenvalue weighted by Gasteiger charge is -2.41. The van der Waals surface area contributed by atoms with Crippen molar-refractivity contribution in [2.24, 2.45) is 0 Å². The van der Waals surface area contributed by atoms with Crippen LogP contribution in [0.5, 0.6) is 28.7 Å². The van der Waals surface area contributed by atoms with Crippen LogP contribution in [0.15, 0.2) is 81.6 Å². The van der Waals surface area contributed by atoms with Gasteiger partial charge in [0.2, 0.25) is 0 Å². The second kappa shape index (κ2) is 25.8. The lowest BCUT2D eigenvalue weighted by Crippen LogP contribution is -2.60. The molecule has 71 heavy (non-hydrogen) atoms. The minimum Gasteiger partial charge on any atom is -0.496 e. The third kappa shape index (κ3) is 13.3. The predicted octanol–water partition coefficient (Wildman–Crippen LogP) is 5.85. The average molecular weight is 993 g/mol. The fraction of sp³-hybridized carbons (Fsp3) is 0.472. The lowest BCUT2D eigenvalue weighted by atomic mass is 9.99. The standard InChI is InChI=1S/C20H22O4.C18H18O4.C15H28O10/c1-13-6-7-15(11-17(13)22-2)18-12-16-9-14(5-4-8-21)10-19(23-3)20(16)24-18;1-11-7-13-10-15(22-18(13)17(8-11)21-4)12-5-6-14(19-2)16(9-12)20-3;1-2-3-4-22-15-13(21)11(19)10(18)8(25-15)6-24-14-12(20)9(17)7(16)5-23-14/h6-7,9-12,21H,4-5,8H2,1-3H3;5-10H,1-4H3;7-21H,2-6H2,1H3/t;;7-,8?,9+,10-,11+,12?,13?,14+,15-/m..1/s1. The molecule has 0 amide bonds. The van der Waals surface area contributed by atoms with Crippen LogP contribution in [-0.2, 0) is 25.4 Å². The Morgan fingerprint density at radius 2 is 1.15 bits per heavy atom. The Balaban J connectivity index is 0.000000175. The van der Waals surface area contributed by atoms with Crippen molar-refractivity contribution >= 4 is 21.9 Å². The Morgan fingerprint density at radius 3 is 1.77 bits per heavy atom. The Bertz CT molecular complexity index is 2610. The molecule has 9 atom stereocenters. The van der Waals surface area contributed by atoms with Crippen molar-refractivity contribution in [1.29, 1.82) is 0 Å². The molecule has 2 fully saturated rings. The molecule has 18 heteroatoms. The maximum absolute atomic E-state index is 10.0. The van der Waals surface area contributed by atoms with Gasteiger partial charge in [-0.15, -0.1) is 0 Å². The van der Waals surface area contributed by atoms with Gasteiger partial charge in [-0.1, -0.05) is 25.5 Å². The van der Waals surface area contributed by atoms with Crippen LogP contribution in [0.25, 0.3) is 44.6 Å². The Kier molecular flexibility index (Phi) is 19.9. The molecule has 0 saturated carbocycles. The van der Waals surface area contributed by atoms with Crippen LogP contribution in [0.2, 0.25) is 0 Å². The van der Waals surface area contributed by atoms with E-state index in [9.17, 15) is 30.6 Å². The first-order valence-corrected chi connectivity index (χ1v) is 23.4. The first kappa shape index (κ1) is 54.8. The van der Waals surface area contributed by atoms with Gasteiger partial charge in [0, 0.05) is 35.1 Å². The lowest BCUT2D eigenvalue weighted by molar-refractivity contribution is -0.320. The van der Waals surface area contributed by atoms with E-state index in [-0.39, 0.29) is 19.8 Å². The molecule has 7 N–H and O–H groups in total. The van der Waals surface area contributed by atoms with Gasteiger partial charge < -0.3 is 87.2 Å². The van der Waals surface area contributed by atoms with E-state index in [1.165, 1.54) is 0 Å². The molecule has 2 aromatic heterocycles. The van der Waals surface area contributed by atoms with Crippen LogP contribution in [0.4, 0.5) is 0 Å². The first-order chi connectivity index (χ1) is 34.2. The van der Waals surface area contributed by atoms with Crippen molar-refractivity contribution in [2.75, 3.05) is 62.0 Å². The second-order valence-corrected chi connectivity index (χ2v) is 17.2. The quantitative estimate of drug-likeness (QED) is 0.0529. The number of aliphatic hydroxyl groups is 7. The second-order valence-electron chi connectivity index (χ2n) is 17.2. The SMILES string of the molecule is CCCCO[C@@H]1OC(CO[C@@H]2OC[C@@H](O)[C@H](O)C2O)[C@@H](O)[C@H](O)C1O.COc1cc(-c2cc3cc(CCCO)cc(OC)c3o2)ccc1C.COc1ccc(-c2cc3cc(C)cc(OC)c3o2)cc1OC. The van der Waals surface area contributed by atoms with Crippen LogP contribution in [0.3, 0.4) is 0 Å². The zero-order valence-electron chi connectivity index (χ0n) is 41.4. The van der Waals surface area contributed by atoms with E-state index in [1.54, 1.807) is 35.5 Å². The summed E-state index contributed by atoms with van der Waals surface area (Å²) in [5.74, 6) is 5.19. The van der Waals surface area contributed by atoms with Gasteiger partial charge in [-0.2, -0.15) is 0 Å². The molecule has 8 rings (SSSR count). The zero-order valence-corrected chi connectivity index (χ0v) is 41.4. The summed E-state index contributed by atoms with van der Waals surface area (Å²) in [6.07, 6.45) is -8.67. The van der Waals surface area contributed by atoms with Crippen LogP contribution in [-0.4, -0.2) is 153 Å². The number of ether oxygens (including phenoxy) is 9. The fourth-order valence-electron chi connectivity index (χ4n) is 8.07. The predicted molar refractivity (Wildman–Crippen MR) is 262 cm³/mol. The van der Waals surface area contributed by atoms with E-state index in [4.69, 9.17) is 56.6 Å². The molecule has 3 unspecified atom stereocenters. The number of unbranched alkanes of at least 4 members (excludes halogenated alkanes) is 1. The Morgan fingerprint density at radius 1 is 0.563 bits per heavy atom. The van der Waals surface area contributed by atoms with Gasteiger partial charge in [0.1, 0.15) is 60.0 Å². The Labute approximate surface area is 412 Å². The monoisotopic (exact) mass is 992 g/mol. The molecular weight excluding hydrogens is 925 g/mol. The number of aryl methyl sites for hydroxylation is 3. The van der Waals surface area contributed by atoms with Crippen molar-refractivity contribution in [3.8, 4) is 51.4 Å². The van der Waals surface area contributed by atoms with Crippen molar-refractivity contribution in [1.82, 2.24) is 0 Å². The van der Waals surface area contributed by atoms with E-state index in [0.29, 0.717) is 23.9 Å². The highest BCUT2D eigenvalue weighted by molar-refractivity contribution is 5.89. The summed E-state index contributed by atoms with van der Waals surface area (Å²) in [5.41, 5.74) is 6.71. The van der Waals surface area contributed by atoms with Gasteiger partial charge in [-0.25, -0.2) is 0 Å². The minimum absolute atomic E-state index is 0.181. The summed E-state index contributed by atoms with van der Waals surface area (Å²) >= 11 is 0. The number of hydrogen-bond donors (Lipinski definition) is 7. The summed E-state index contributed by atoms with van der Waals surface area (Å²) in [6, 6.07) is 23.9. The number of benzene rings is 4. The van der Waals surface area contributed by atoms with E-state index in [1.807, 2.05) is 81.4 Å². The average Bonchev–Trinajstić information content (AvgIpc) is 4.02. The topological polar surface area (TPSA) is 251 Å². The molecule has 0 bridgehead atoms. The summed E-state index contributed by atoms with van der Waals surface area (Å²) in [4.78, 5) is 0. The number of rotatable bonds is 17. The third-order valence-electron chi connectivity index (χ3n) is 12.1. The van der Waals surface area contributed by atoms with Gasteiger partial charge in [0.05, 0.1) is 48.8 Å². The van der Waals surface area contributed by atoms with Crippen LogP contribution < -0.4 is 23.7 Å². The molecule has 2 aliphatic rings. The maximum atomic E-state index is 10.0. The van der Waals surface area contributed by atoms with Crippen molar-refractivity contribution in [3.63, 3.8) is 0 Å². The smallest absolute Gasteiger partial charge is 0.186 e. The Hall–Kier alpha value is -5.48. The highest BCUT2D eigenvalue weighted by Crippen LogP contribution is 2.39. The fourth-order valence-corrected chi connectivity index (χ4v) is 8.07. The van der Waals surface area contributed by atoms with Crippen molar-refractivity contribution in [3.05, 3.63) is 89.5 Å². The van der Waals surface area contributed by atoms with Crippen molar-refractivity contribution < 1.29 is 87.2 Å². The molecule has 6 aromatic rings. The van der Waals surface area contributed by atoms with Gasteiger partial charge in [0.15, 0.2) is 46.7 Å². The van der Waals surface area contributed by atoms with Crippen molar-refractivity contribution in [2.45, 2.75) is 102 Å². The molecule has 0 radical (unpaired) electrons. The van der Waals surface area contributed by atoms with E-state index in [0.717, 1.165) is 98.5 Å². The highest BCUT2D eigenvalue weighted by atomic mass is 16.7. The third-order valence-corrected chi connectivity index (χ3v) is 12.1. The van der Waals surface area contributed by atoms with Gasteiger partial charge in [-0.3, -0.25) is 0 Å². The molecule has 0 spiro atoms. The first-order valence-electron chi connectivity index (χ1n) is 23.4. The molecule has 2 aliphatic heterocycles. The normalized spacial score (nSPS) is 23.1. The number of fused-ring (bicyclic) bond motifs is 2. The molecule has 18 nitrogen and oxygen atoms in total. The van der Waals surface area contributed by atoms with Crippen LogP contribution >= 0.6 is 0 Å². The number of hydrogen-bond acceptors (Lipinski definition) is 18. The number of methoxy groups -OCH3 is 5. The summed E-state index contributed by atoms with van der Waals surface area (Å²) in [7, 11) is 8.19. The summed E-state index contributed by atoms with van der Waals surface area (Å²) in [6.45, 7) is 6.01. The zero-order chi connectivity index (χ0) is 51.4. The maximum Gasteiger partial charge on any atom is 0.186 e. The molecule has 0 aliphatic carbocycles. The van der Waals surface area contributed by atoms with Gasteiger partial charge in [-0.05, 0) is 110 Å². The number of aliphatic hydroxyl groups excluding tert-OH is 7. The minimum atomic E-state index is -1.49.